The van der Waals surface area contributed by atoms with Gasteiger partial charge in [0.25, 0.3) is 17.7 Å². The molecule has 6 aliphatic heterocycles. The third kappa shape index (κ3) is 16.3. The van der Waals surface area contributed by atoms with E-state index in [1.807, 2.05) is 0 Å². The highest BCUT2D eigenvalue weighted by atomic mass is 35.5. The fraction of sp³-hybridized carbons (Fsp3) is 0.365. The number of ether oxygens (including phenoxy) is 6. The fourth-order valence-electron chi connectivity index (χ4n) is 13.9. The third-order valence-corrected chi connectivity index (χ3v) is 20.7. The van der Waals surface area contributed by atoms with Gasteiger partial charge in [0.15, 0.2) is 24.5 Å². The molecule has 6 aliphatic rings. The lowest BCUT2D eigenvalue weighted by Crippen LogP contribution is -2.52. The molecule has 0 saturated carbocycles. The van der Waals surface area contributed by atoms with Crippen LogP contribution in [0.25, 0.3) is 0 Å². The van der Waals surface area contributed by atoms with Gasteiger partial charge in [-0.05, 0) is 129 Å². The highest BCUT2D eigenvalue weighted by molar-refractivity contribution is 6.33. The Labute approximate surface area is 617 Å². The Hall–Kier alpha value is -11.2. The lowest BCUT2D eigenvalue weighted by molar-refractivity contribution is -0.141. The van der Waals surface area contributed by atoms with Crippen LogP contribution in [0.1, 0.15) is 55.2 Å². The van der Waals surface area contributed by atoms with Gasteiger partial charge in [0, 0.05) is 57.5 Å². The van der Waals surface area contributed by atoms with E-state index in [9.17, 15) is 48.6 Å². The zero-order valence-electron chi connectivity index (χ0n) is 57.2. The van der Waals surface area contributed by atoms with Crippen molar-refractivity contribution >= 4 is 81.5 Å². The van der Waals surface area contributed by atoms with E-state index in [-0.39, 0.29) is 54.8 Å². The van der Waals surface area contributed by atoms with Gasteiger partial charge in [0.1, 0.15) is 64.6 Å². The van der Waals surface area contributed by atoms with Gasteiger partial charge in [-0.25, -0.2) is 23.4 Å². The molecule has 542 valence electrons. The first-order valence-electron chi connectivity index (χ1n) is 33.6. The molecular formula is C74H70Cl3F3N16O9. The van der Waals surface area contributed by atoms with Crippen molar-refractivity contribution in [2.75, 3.05) is 94.9 Å². The molecule has 2 N–H and O–H groups in total. The first-order valence-corrected chi connectivity index (χ1v) is 34.7. The van der Waals surface area contributed by atoms with Gasteiger partial charge in [0.2, 0.25) is 11.9 Å². The Morgan fingerprint density at radius 3 is 1.05 bits per heavy atom. The number of methoxy groups -OCH3 is 3. The first kappa shape index (κ1) is 73.6. The smallest absolute Gasteiger partial charge is 0.265 e. The van der Waals surface area contributed by atoms with Crippen molar-refractivity contribution in [2.24, 2.45) is 16.2 Å². The Bertz CT molecular complexity index is 4430. The number of piperidine rings is 3. The number of fused-ring (bicyclic) bond motifs is 3. The maximum Gasteiger partial charge on any atom is 0.265 e. The molecule has 31 heteroatoms. The Morgan fingerprint density at radius 2 is 0.771 bits per heavy atom. The molecule has 3 amide bonds. The summed E-state index contributed by atoms with van der Waals surface area (Å²) in [5, 5.41) is 54.0. The highest BCUT2D eigenvalue weighted by Gasteiger charge is 2.45. The van der Waals surface area contributed by atoms with Crippen LogP contribution in [0.4, 0.5) is 42.1 Å². The van der Waals surface area contributed by atoms with Crippen molar-refractivity contribution in [3.63, 3.8) is 0 Å². The minimum Gasteiger partial charge on any atom is -0.495 e. The Balaban J connectivity index is 0.000000148. The van der Waals surface area contributed by atoms with Crippen molar-refractivity contribution in [1.29, 1.82) is 21.0 Å². The van der Waals surface area contributed by atoms with Crippen LogP contribution in [0.5, 0.6) is 34.5 Å². The van der Waals surface area contributed by atoms with Crippen LogP contribution in [0.2, 0.25) is 15.1 Å². The Kier molecular flexibility index (Phi) is 22.3. The lowest BCUT2D eigenvalue weighted by atomic mass is 9.75. The number of aromatic nitrogens is 6. The van der Waals surface area contributed by atoms with E-state index >= 15 is 0 Å². The molecular weight excluding hydrogens is 1420 g/mol. The topological polar surface area (TPSA) is 304 Å². The second-order valence-corrected chi connectivity index (χ2v) is 27.5. The molecule has 3 saturated heterocycles. The van der Waals surface area contributed by atoms with Crippen LogP contribution >= 0.6 is 34.8 Å². The monoisotopic (exact) mass is 1490 g/mol. The average molecular weight is 1490 g/mol. The molecule has 0 spiro atoms. The van der Waals surface area contributed by atoms with Crippen molar-refractivity contribution in [3.05, 3.63) is 171 Å². The molecule has 3 atom stereocenters. The standard InChI is InChI=1S/2C25H24ClFN6O3.C24H22ClFN4O3/c2*1-35-20-11-21-19(10-18(20)26)33(24-29-15-30-31-24)13-22(36-21)23(34)32-8-6-25(14-28,7-9-32)12-16-2-4-17(27)5-3-16;1-32-20-11-21-19(10-18(20)25)30(15-28)13-22(33-21)23(31)29-8-6-24(14-27,7-9-29)12-16-2-4-17(26)5-3-16/h2*2-5,10-11,15,22H,6-9,12-13H2,1H3,(H,29,30,31);2-5,10-11,22H,6-9,12-13H2,1H3. The Morgan fingerprint density at radius 1 is 0.476 bits per heavy atom. The number of nitrogens with zero attached hydrogens (tertiary/aromatic N) is 14. The summed E-state index contributed by atoms with van der Waals surface area (Å²) in [7, 11) is 4.49. The maximum absolute atomic E-state index is 13.5. The van der Waals surface area contributed by atoms with Crippen molar-refractivity contribution in [3.8, 4) is 58.9 Å². The van der Waals surface area contributed by atoms with E-state index < -0.39 is 34.6 Å². The summed E-state index contributed by atoms with van der Waals surface area (Å²) in [6.45, 7) is 2.98. The molecule has 2 aromatic heterocycles. The molecule has 3 unspecified atom stereocenters. The fourth-order valence-corrected chi connectivity index (χ4v) is 14.6. The summed E-state index contributed by atoms with van der Waals surface area (Å²) >= 11 is 18.9. The number of carbonyl (C=O) groups excluding carboxylic acids is 3. The summed E-state index contributed by atoms with van der Waals surface area (Å²) in [6, 6.07) is 35.8. The second-order valence-electron chi connectivity index (χ2n) is 26.3. The number of hydrogen-bond donors (Lipinski definition) is 2. The summed E-state index contributed by atoms with van der Waals surface area (Å²) < 4.78 is 73.8. The SMILES string of the molecule is COc1cc2c(cc1Cl)N(C#N)CC(C(=O)N1CCC(C#N)(Cc3ccc(F)cc3)CC1)O2.COc1cc2c(cc1Cl)N(c1ncn[nH]1)CC(C(=O)N1CCC(C#N)(Cc3ccc(F)cc3)CC1)O2.COc1cc2c(cc1Cl)N(c1ncn[nH]1)CC(C(=O)N1CCC(C#N)(Cc3ccc(F)cc3)CC1)O2. The van der Waals surface area contributed by atoms with Gasteiger partial charge in [0.05, 0.1) is 108 Å². The van der Waals surface area contributed by atoms with Crippen LogP contribution in [0.3, 0.4) is 0 Å². The molecule has 14 rings (SSSR count). The number of halogens is 6. The summed E-state index contributed by atoms with van der Waals surface area (Å²) in [4.78, 5) is 58.9. The summed E-state index contributed by atoms with van der Waals surface area (Å²) in [6.07, 6.45) is 6.99. The van der Waals surface area contributed by atoms with Crippen LogP contribution in [0.15, 0.2) is 122 Å². The average Bonchev–Trinajstić information content (AvgIpc) is 1.65. The molecule has 25 nitrogen and oxygen atoms in total. The molecule has 0 aliphatic carbocycles. The molecule has 8 heterocycles. The van der Waals surface area contributed by atoms with E-state index in [0.29, 0.717) is 176 Å². The van der Waals surface area contributed by atoms with Gasteiger partial charge in [-0.3, -0.25) is 19.3 Å². The number of anilines is 5. The number of H-pyrrole nitrogens is 2. The normalized spacial score (nSPS) is 18.8. The van der Waals surface area contributed by atoms with E-state index in [0.717, 1.165) is 16.7 Å². The van der Waals surface area contributed by atoms with Crippen molar-refractivity contribution in [1.82, 2.24) is 45.1 Å². The molecule has 105 heavy (non-hydrogen) atoms. The maximum atomic E-state index is 13.5. The van der Waals surface area contributed by atoms with E-state index in [1.165, 1.54) is 75.3 Å². The molecule has 0 bridgehead atoms. The number of amides is 3. The van der Waals surface area contributed by atoms with Gasteiger partial charge in [-0.2, -0.15) is 41.2 Å². The largest absolute Gasteiger partial charge is 0.495 e. The second kappa shape index (κ2) is 31.8. The zero-order chi connectivity index (χ0) is 74.2. The molecule has 3 fully saturated rings. The van der Waals surface area contributed by atoms with E-state index in [2.05, 4.69) is 54.8 Å². The molecule has 6 aromatic carbocycles. The number of aromatic amines is 2. The number of nitrogens with one attached hydrogen (secondary N) is 2. The number of nitriles is 4. The molecule has 8 aromatic rings. The van der Waals surface area contributed by atoms with E-state index in [1.54, 1.807) is 97.3 Å². The third-order valence-electron chi connectivity index (χ3n) is 19.9. The van der Waals surface area contributed by atoms with Crippen LogP contribution in [-0.4, -0.2) is 161 Å². The predicted octanol–water partition coefficient (Wildman–Crippen LogP) is 11.7. The van der Waals surface area contributed by atoms with Crippen LogP contribution in [0, 0.1) is 79.1 Å². The van der Waals surface area contributed by atoms with Gasteiger partial charge < -0.3 is 52.9 Å². The van der Waals surface area contributed by atoms with Gasteiger partial charge in [-0.15, -0.1) is 0 Å². The zero-order valence-corrected chi connectivity index (χ0v) is 59.5. The van der Waals surface area contributed by atoms with Crippen LogP contribution in [-0.2, 0) is 33.6 Å². The van der Waals surface area contributed by atoms with E-state index in [4.69, 9.17) is 63.2 Å². The molecule has 0 radical (unpaired) electrons. The predicted molar refractivity (Wildman–Crippen MR) is 379 cm³/mol. The van der Waals surface area contributed by atoms with Crippen LogP contribution < -0.4 is 43.1 Å². The number of hydrogen-bond acceptors (Lipinski definition) is 20. The van der Waals surface area contributed by atoms with Gasteiger partial charge in [-0.1, -0.05) is 71.2 Å². The highest BCUT2D eigenvalue weighted by Crippen LogP contribution is 2.47. The minimum atomic E-state index is -0.866. The van der Waals surface area contributed by atoms with Gasteiger partial charge >= 0.3 is 0 Å². The first-order chi connectivity index (χ1) is 50.7. The lowest BCUT2D eigenvalue weighted by Gasteiger charge is -2.40. The van der Waals surface area contributed by atoms with Crippen molar-refractivity contribution < 1.29 is 56.0 Å². The summed E-state index contributed by atoms with van der Waals surface area (Å²) in [5.41, 5.74) is 2.63. The number of rotatable bonds is 14. The number of benzene rings is 6. The summed E-state index contributed by atoms with van der Waals surface area (Å²) in [5.74, 6) is 1.89. The number of carbonyl (C=O) groups is 3. The minimum absolute atomic E-state index is 0.0699. The quantitative estimate of drug-likeness (QED) is 0.0956. The van der Waals surface area contributed by atoms with Crippen molar-refractivity contribution in [2.45, 2.75) is 76.1 Å². The number of likely N-dealkylation sites (tertiary alicyclic amines) is 3.